The Kier molecular flexibility index (Phi) is 3.79. The van der Waals surface area contributed by atoms with E-state index in [1.807, 2.05) is 42.5 Å². The lowest BCUT2D eigenvalue weighted by molar-refractivity contribution is 0.174. The fourth-order valence-corrected chi connectivity index (χ4v) is 1.52. The van der Waals surface area contributed by atoms with Gasteiger partial charge in [-0.05, 0) is 12.5 Å². The SMILES string of the molecule is O=C=CC/C=C/C=C/c1cccc2c1OCO2. The number of fused-ring (bicyclic) bond motifs is 1. The third-order valence-electron chi connectivity index (χ3n) is 2.29. The van der Waals surface area contributed by atoms with E-state index in [0.29, 0.717) is 6.42 Å². The molecule has 0 spiro atoms. The van der Waals surface area contributed by atoms with E-state index in [2.05, 4.69) is 0 Å². The van der Waals surface area contributed by atoms with E-state index in [0.717, 1.165) is 17.1 Å². The van der Waals surface area contributed by atoms with Crippen LogP contribution in [0.25, 0.3) is 6.08 Å². The fraction of sp³-hybridized carbons (Fsp3) is 0.143. The van der Waals surface area contributed by atoms with E-state index < -0.39 is 0 Å². The van der Waals surface area contributed by atoms with Crippen molar-refractivity contribution < 1.29 is 14.3 Å². The third-order valence-corrected chi connectivity index (χ3v) is 2.29. The second-order valence-corrected chi connectivity index (χ2v) is 3.43. The normalized spacial score (nSPS) is 13.2. The first-order chi connectivity index (χ1) is 8.42. The molecule has 1 heterocycles. The van der Waals surface area contributed by atoms with Gasteiger partial charge in [0.05, 0.1) is 0 Å². The van der Waals surface area contributed by atoms with Crippen molar-refractivity contribution in [3.8, 4) is 11.5 Å². The summed E-state index contributed by atoms with van der Waals surface area (Å²) in [6.45, 7) is 0.278. The van der Waals surface area contributed by atoms with Crippen molar-refractivity contribution >= 4 is 12.0 Å². The maximum Gasteiger partial charge on any atom is 0.231 e. The van der Waals surface area contributed by atoms with Gasteiger partial charge < -0.3 is 9.47 Å². The Morgan fingerprint density at radius 2 is 2.24 bits per heavy atom. The van der Waals surface area contributed by atoms with Crippen LogP contribution in [0.4, 0.5) is 0 Å². The molecule has 1 aromatic rings. The van der Waals surface area contributed by atoms with Crippen molar-refractivity contribution in [2.24, 2.45) is 0 Å². The van der Waals surface area contributed by atoms with Crippen LogP contribution in [-0.2, 0) is 4.79 Å². The van der Waals surface area contributed by atoms with Crippen LogP contribution in [0.5, 0.6) is 11.5 Å². The van der Waals surface area contributed by atoms with Crippen LogP contribution < -0.4 is 9.47 Å². The quantitative estimate of drug-likeness (QED) is 0.587. The highest BCUT2D eigenvalue weighted by Gasteiger charge is 2.14. The molecule has 0 amide bonds. The van der Waals surface area contributed by atoms with E-state index in [9.17, 15) is 4.79 Å². The molecule has 3 heteroatoms. The summed E-state index contributed by atoms with van der Waals surface area (Å²) in [4.78, 5) is 9.92. The lowest BCUT2D eigenvalue weighted by atomic mass is 10.1. The molecular weight excluding hydrogens is 216 g/mol. The Labute approximate surface area is 99.7 Å². The van der Waals surface area contributed by atoms with Crippen LogP contribution in [0.2, 0.25) is 0 Å². The Morgan fingerprint density at radius 3 is 3.12 bits per heavy atom. The molecule has 0 saturated heterocycles. The molecule has 0 atom stereocenters. The number of allylic oxidation sites excluding steroid dienone is 4. The lowest BCUT2D eigenvalue weighted by Crippen LogP contribution is -1.93. The molecule has 86 valence electrons. The highest BCUT2D eigenvalue weighted by atomic mass is 16.7. The predicted octanol–water partition coefficient (Wildman–Crippen LogP) is 2.76. The number of rotatable bonds is 4. The second-order valence-electron chi connectivity index (χ2n) is 3.43. The Bertz CT molecular complexity index is 494. The van der Waals surface area contributed by atoms with Gasteiger partial charge in [-0.15, -0.1) is 0 Å². The molecule has 0 unspecified atom stereocenters. The molecule has 0 fully saturated rings. The van der Waals surface area contributed by atoms with E-state index in [1.54, 1.807) is 5.94 Å². The van der Waals surface area contributed by atoms with E-state index >= 15 is 0 Å². The average Bonchev–Trinajstić information content (AvgIpc) is 2.82. The summed E-state index contributed by atoms with van der Waals surface area (Å²) in [5, 5.41) is 0. The van der Waals surface area contributed by atoms with E-state index in [4.69, 9.17) is 9.47 Å². The summed E-state index contributed by atoms with van der Waals surface area (Å²) < 4.78 is 10.6. The first kappa shape index (κ1) is 11.2. The van der Waals surface area contributed by atoms with E-state index in [-0.39, 0.29) is 6.79 Å². The Hall–Kier alpha value is -2.25. The topological polar surface area (TPSA) is 35.5 Å². The van der Waals surface area contributed by atoms with Gasteiger partial charge in [0.1, 0.15) is 5.94 Å². The molecule has 3 nitrogen and oxygen atoms in total. The summed E-state index contributed by atoms with van der Waals surface area (Å²) >= 11 is 0. The maximum atomic E-state index is 9.92. The summed E-state index contributed by atoms with van der Waals surface area (Å²) in [5.41, 5.74) is 0.982. The smallest absolute Gasteiger partial charge is 0.231 e. The van der Waals surface area contributed by atoms with Gasteiger partial charge in [0.25, 0.3) is 0 Å². The van der Waals surface area contributed by atoms with Crippen LogP contribution in [0.3, 0.4) is 0 Å². The fourth-order valence-electron chi connectivity index (χ4n) is 1.52. The van der Waals surface area contributed by atoms with Gasteiger partial charge in [-0.2, -0.15) is 0 Å². The van der Waals surface area contributed by atoms with Crippen molar-refractivity contribution in [1.29, 1.82) is 0 Å². The van der Waals surface area contributed by atoms with Crippen LogP contribution in [0.1, 0.15) is 12.0 Å². The zero-order valence-electron chi connectivity index (χ0n) is 9.26. The first-order valence-electron chi connectivity index (χ1n) is 5.33. The van der Waals surface area contributed by atoms with Gasteiger partial charge in [0, 0.05) is 11.6 Å². The minimum absolute atomic E-state index is 0.278. The molecule has 17 heavy (non-hydrogen) atoms. The summed E-state index contributed by atoms with van der Waals surface area (Å²) in [5.74, 6) is 3.28. The average molecular weight is 228 g/mol. The maximum absolute atomic E-state index is 9.92. The summed E-state index contributed by atoms with van der Waals surface area (Å²) in [6.07, 6.45) is 9.62. The molecular formula is C14H12O3. The highest BCUT2D eigenvalue weighted by molar-refractivity contribution is 5.63. The number of ether oxygens (including phenoxy) is 2. The first-order valence-corrected chi connectivity index (χ1v) is 5.33. The lowest BCUT2D eigenvalue weighted by Gasteiger charge is -1.99. The van der Waals surface area contributed by atoms with Gasteiger partial charge >= 0.3 is 0 Å². The van der Waals surface area contributed by atoms with Gasteiger partial charge in [0.2, 0.25) is 6.79 Å². The van der Waals surface area contributed by atoms with Crippen molar-refractivity contribution in [2.75, 3.05) is 6.79 Å². The van der Waals surface area contributed by atoms with Gasteiger partial charge in [-0.25, -0.2) is 4.79 Å². The van der Waals surface area contributed by atoms with Crippen LogP contribution in [0, 0.1) is 0 Å². The minimum atomic E-state index is 0.278. The van der Waals surface area contributed by atoms with Gasteiger partial charge in [-0.3, -0.25) is 0 Å². The molecule has 0 aromatic heterocycles. The number of hydrogen-bond donors (Lipinski definition) is 0. The second kappa shape index (κ2) is 5.73. The molecule has 0 aliphatic carbocycles. The number of carbonyl (C=O) groups excluding carboxylic acids is 1. The summed E-state index contributed by atoms with van der Waals surface area (Å²) in [6, 6.07) is 5.76. The Balaban J connectivity index is 2.04. The Morgan fingerprint density at radius 1 is 1.29 bits per heavy atom. The molecule has 0 radical (unpaired) electrons. The largest absolute Gasteiger partial charge is 0.454 e. The van der Waals surface area contributed by atoms with Crippen molar-refractivity contribution in [1.82, 2.24) is 0 Å². The molecule has 1 aliphatic heterocycles. The molecule has 1 aromatic carbocycles. The van der Waals surface area contributed by atoms with Crippen LogP contribution in [-0.4, -0.2) is 12.7 Å². The molecule has 2 rings (SSSR count). The summed E-state index contributed by atoms with van der Waals surface area (Å²) in [7, 11) is 0. The monoisotopic (exact) mass is 228 g/mol. The standard InChI is InChI=1S/C14H12O3/c15-10-5-3-1-2-4-7-12-8-6-9-13-14(12)17-11-16-13/h1-2,4-9H,3,11H2/b2-1+,7-4+. The third kappa shape index (κ3) is 2.86. The number of benzene rings is 1. The molecule has 0 N–H and O–H groups in total. The highest BCUT2D eigenvalue weighted by Crippen LogP contribution is 2.35. The van der Waals surface area contributed by atoms with Gasteiger partial charge in [-0.1, -0.05) is 36.4 Å². The van der Waals surface area contributed by atoms with Crippen LogP contribution >= 0.6 is 0 Å². The van der Waals surface area contributed by atoms with Crippen LogP contribution in [0.15, 0.2) is 42.5 Å². The number of hydrogen-bond acceptors (Lipinski definition) is 3. The minimum Gasteiger partial charge on any atom is -0.454 e. The predicted molar refractivity (Wildman–Crippen MR) is 65.6 cm³/mol. The number of para-hydroxylation sites is 1. The zero-order valence-corrected chi connectivity index (χ0v) is 9.26. The zero-order chi connectivity index (χ0) is 11.9. The van der Waals surface area contributed by atoms with E-state index in [1.165, 1.54) is 6.08 Å². The molecule has 0 bridgehead atoms. The van der Waals surface area contributed by atoms with Gasteiger partial charge in [0.15, 0.2) is 11.5 Å². The molecule has 0 saturated carbocycles. The van der Waals surface area contributed by atoms with Crippen molar-refractivity contribution in [2.45, 2.75) is 6.42 Å². The van der Waals surface area contributed by atoms with Crippen molar-refractivity contribution in [3.63, 3.8) is 0 Å². The molecule has 1 aliphatic rings. The van der Waals surface area contributed by atoms with Crippen molar-refractivity contribution in [3.05, 3.63) is 48.1 Å².